The molecule has 2 aromatic rings. The summed E-state index contributed by atoms with van der Waals surface area (Å²) in [6.07, 6.45) is 7.72. The third kappa shape index (κ3) is 4.92. The number of fused-ring (bicyclic) bond motifs is 4. The number of hydrogen-bond acceptors (Lipinski definition) is 6. The molecule has 5 rings (SSSR count). The highest BCUT2D eigenvalue weighted by atomic mass is 19.1. The third-order valence-electron chi connectivity index (χ3n) is 7.92. The van der Waals surface area contributed by atoms with Gasteiger partial charge in [0.15, 0.2) is 0 Å². The quantitative estimate of drug-likeness (QED) is 0.226. The molecule has 1 amide bonds. The first-order chi connectivity index (χ1) is 17.9. The normalized spacial score (nSPS) is 22.2. The van der Waals surface area contributed by atoms with Gasteiger partial charge in [-0.1, -0.05) is 12.1 Å². The van der Waals surface area contributed by atoms with Crippen molar-refractivity contribution in [2.45, 2.75) is 44.2 Å². The lowest BCUT2D eigenvalue weighted by atomic mass is 9.74. The number of likely N-dealkylation sites (tertiary alicyclic amines) is 1. The number of allylic oxidation sites excluding steroid dienone is 3. The lowest BCUT2D eigenvalue weighted by Gasteiger charge is -2.32. The first-order valence-corrected chi connectivity index (χ1v) is 13.1. The third-order valence-corrected chi connectivity index (χ3v) is 7.92. The number of rotatable bonds is 8. The molecule has 2 fully saturated rings. The number of pyridine rings is 1. The molecule has 0 N–H and O–H groups in total. The molecule has 0 radical (unpaired) electrons. The number of carbonyl (C=O) groups is 1. The largest absolute Gasteiger partial charge is 0.478 e. The molecule has 2 saturated heterocycles. The second-order valence-corrected chi connectivity index (χ2v) is 10.2. The van der Waals surface area contributed by atoms with Gasteiger partial charge in [0.05, 0.1) is 29.4 Å². The number of anilines is 1. The summed E-state index contributed by atoms with van der Waals surface area (Å²) in [5.41, 5.74) is 4.38. The van der Waals surface area contributed by atoms with Gasteiger partial charge in [0, 0.05) is 56.9 Å². The molecular formula is C29H35FN4O3. The van der Waals surface area contributed by atoms with Crippen LogP contribution in [0.25, 0.3) is 16.5 Å². The molecule has 3 aliphatic rings. The van der Waals surface area contributed by atoms with E-state index in [0.29, 0.717) is 51.5 Å². The second kappa shape index (κ2) is 10.7. The fraction of sp³-hybridized carbons (Fsp3) is 0.483. The number of nitrogens with zero attached hydrogens (tertiary/aromatic N) is 4. The molecule has 1 aromatic heterocycles. The molecule has 3 aliphatic heterocycles. The Kier molecular flexibility index (Phi) is 7.40. The minimum Gasteiger partial charge on any atom is -0.478 e. The standard InChI is InChI=1S/C29H35FN4O3/c1-20(5-8-26(31-2)37-14-4-12-34-13-9-22(30)19-34)21-6-7-24-23(17-21)27-25(18-32-24)33(3)28(35)29(27)10-15-36-16-11-29/h5-8,17-18,22H,2,4,9-16,19H2,1,3H3/b20-5+,26-8+. The molecule has 37 heavy (non-hydrogen) atoms. The molecule has 0 aliphatic carbocycles. The van der Waals surface area contributed by atoms with Gasteiger partial charge in [-0.25, -0.2) is 9.38 Å². The van der Waals surface area contributed by atoms with Crippen LogP contribution in [0, 0.1) is 0 Å². The van der Waals surface area contributed by atoms with Gasteiger partial charge in [-0.15, -0.1) is 0 Å². The number of amides is 1. The van der Waals surface area contributed by atoms with E-state index >= 15 is 0 Å². The van der Waals surface area contributed by atoms with Gasteiger partial charge in [-0.2, -0.15) is 0 Å². The van der Waals surface area contributed by atoms with Crippen LogP contribution < -0.4 is 4.90 Å². The Bertz CT molecular complexity index is 1250. The number of likely N-dealkylation sites (N-methyl/N-ethyl adjacent to an activating group) is 1. The summed E-state index contributed by atoms with van der Waals surface area (Å²) in [4.78, 5) is 25.9. The van der Waals surface area contributed by atoms with E-state index in [1.807, 2.05) is 38.4 Å². The highest BCUT2D eigenvalue weighted by Gasteiger charge is 2.51. The molecule has 1 atom stereocenters. The van der Waals surface area contributed by atoms with E-state index in [1.165, 1.54) is 0 Å². The summed E-state index contributed by atoms with van der Waals surface area (Å²) in [6.45, 7) is 9.50. The van der Waals surface area contributed by atoms with Crippen LogP contribution in [-0.2, 0) is 19.7 Å². The van der Waals surface area contributed by atoms with E-state index in [1.54, 1.807) is 4.90 Å². The van der Waals surface area contributed by atoms with Crippen LogP contribution in [0.2, 0.25) is 0 Å². The number of benzene rings is 1. The monoisotopic (exact) mass is 506 g/mol. The van der Waals surface area contributed by atoms with Crippen molar-refractivity contribution < 1.29 is 18.7 Å². The molecule has 7 nitrogen and oxygen atoms in total. The zero-order valence-corrected chi connectivity index (χ0v) is 21.7. The van der Waals surface area contributed by atoms with Crippen molar-refractivity contribution in [3.05, 3.63) is 53.6 Å². The number of hydrogen-bond donors (Lipinski definition) is 0. The summed E-state index contributed by atoms with van der Waals surface area (Å²) in [5.74, 6) is 0.592. The average Bonchev–Trinajstić information content (AvgIpc) is 3.43. The Morgan fingerprint density at radius 2 is 2.16 bits per heavy atom. The maximum atomic E-state index is 13.4. The van der Waals surface area contributed by atoms with Crippen LogP contribution in [0.5, 0.6) is 0 Å². The van der Waals surface area contributed by atoms with Crippen molar-refractivity contribution in [1.82, 2.24) is 9.88 Å². The molecule has 8 heteroatoms. The van der Waals surface area contributed by atoms with E-state index in [9.17, 15) is 9.18 Å². The Balaban J connectivity index is 1.35. The molecule has 1 aromatic carbocycles. The summed E-state index contributed by atoms with van der Waals surface area (Å²) in [5, 5.41) is 1.02. The maximum absolute atomic E-state index is 13.4. The number of aromatic nitrogens is 1. The predicted molar refractivity (Wildman–Crippen MR) is 145 cm³/mol. The average molecular weight is 507 g/mol. The number of carbonyl (C=O) groups excluding carboxylic acids is 1. The van der Waals surface area contributed by atoms with Crippen molar-refractivity contribution in [3.63, 3.8) is 0 Å². The first-order valence-electron chi connectivity index (χ1n) is 13.1. The van der Waals surface area contributed by atoms with E-state index in [4.69, 9.17) is 9.47 Å². The highest BCUT2D eigenvalue weighted by Crippen LogP contribution is 2.49. The molecule has 4 heterocycles. The van der Waals surface area contributed by atoms with Crippen molar-refractivity contribution in [2.24, 2.45) is 4.99 Å². The molecule has 1 spiro atoms. The smallest absolute Gasteiger partial charge is 0.237 e. The second-order valence-electron chi connectivity index (χ2n) is 10.2. The minimum atomic E-state index is -0.699. The van der Waals surface area contributed by atoms with E-state index < -0.39 is 11.6 Å². The fourth-order valence-corrected chi connectivity index (χ4v) is 5.80. The van der Waals surface area contributed by atoms with Crippen molar-refractivity contribution in [3.8, 4) is 0 Å². The number of halogens is 1. The van der Waals surface area contributed by atoms with E-state index in [-0.39, 0.29) is 5.91 Å². The zero-order chi connectivity index (χ0) is 26.0. The maximum Gasteiger partial charge on any atom is 0.237 e. The van der Waals surface area contributed by atoms with Gasteiger partial charge in [0.1, 0.15) is 6.17 Å². The number of ether oxygens (including phenoxy) is 2. The Morgan fingerprint density at radius 1 is 1.35 bits per heavy atom. The van der Waals surface area contributed by atoms with Crippen molar-refractivity contribution in [1.29, 1.82) is 0 Å². The van der Waals surface area contributed by atoms with Crippen LogP contribution in [0.4, 0.5) is 10.1 Å². The number of alkyl halides is 1. The van der Waals surface area contributed by atoms with Gasteiger partial charge < -0.3 is 19.3 Å². The summed E-state index contributed by atoms with van der Waals surface area (Å²) < 4.78 is 24.7. The van der Waals surface area contributed by atoms with Gasteiger partial charge in [-0.05, 0) is 62.6 Å². The van der Waals surface area contributed by atoms with Gasteiger partial charge in [0.2, 0.25) is 11.8 Å². The topological polar surface area (TPSA) is 67.3 Å². The predicted octanol–water partition coefficient (Wildman–Crippen LogP) is 4.66. The molecule has 0 saturated carbocycles. The molecule has 196 valence electrons. The van der Waals surface area contributed by atoms with Crippen LogP contribution in [0.3, 0.4) is 0 Å². The summed E-state index contributed by atoms with van der Waals surface area (Å²) >= 11 is 0. The lowest BCUT2D eigenvalue weighted by Crippen LogP contribution is -2.43. The van der Waals surface area contributed by atoms with Gasteiger partial charge in [-0.3, -0.25) is 9.78 Å². The van der Waals surface area contributed by atoms with Gasteiger partial charge in [0.25, 0.3) is 0 Å². The minimum absolute atomic E-state index is 0.133. The Morgan fingerprint density at radius 3 is 2.89 bits per heavy atom. The molecule has 0 bridgehead atoms. The Labute approximate surface area is 217 Å². The van der Waals surface area contributed by atoms with E-state index in [2.05, 4.69) is 33.7 Å². The lowest BCUT2D eigenvalue weighted by molar-refractivity contribution is -0.126. The fourth-order valence-electron chi connectivity index (χ4n) is 5.80. The molecular weight excluding hydrogens is 471 g/mol. The number of aliphatic imine (C=N–C) groups is 1. The van der Waals surface area contributed by atoms with Crippen molar-refractivity contribution in [2.75, 3.05) is 51.4 Å². The van der Waals surface area contributed by atoms with Crippen molar-refractivity contribution >= 4 is 34.8 Å². The summed E-state index contributed by atoms with van der Waals surface area (Å²) in [6, 6.07) is 6.21. The van der Waals surface area contributed by atoms with Crippen LogP contribution >= 0.6 is 0 Å². The molecule has 1 unspecified atom stereocenters. The SMILES string of the molecule is C=N/C(=C\C=C(/C)c1ccc2ncc3c(c2c1)C1(CCOCC1)C(=O)N3C)OCCCN1CCC(F)C1. The van der Waals surface area contributed by atoms with Crippen LogP contribution in [-0.4, -0.2) is 75.2 Å². The first kappa shape index (κ1) is 25.5. The van der Waals surface area contributed by atoms with E-state index in [0.717, 1.165) is 52.8 Å². The zero-order valence-electron chi connectivity index (χ0n) is 21.7. The Hall–Kier alpha value is -3.10. The van der Waals surface area contributed by atoms with Crippen LogP contribution in [0.1, 0.15) is 43.7 Å². The highest BCUT2D eigenvalue weighted by molar-refractivity contribution is 6.12. The van der Waals surface area contributed by atoms with Gasteiger partial charge >= 0.3 is 0 Å². The van der Waals surface area contributed by atoms with Crippen LogP contribution in [0.15, 0.2) is 47.4 Å². The summed E-state index contributed by atoms with van der Waals surface area (Å²) in [7, 11) is 1.84.